The van der Waals surface area contributed by atoms with Crippen molar-refractivity contribution < 1.29 is 0 Å². The molecule has 2 aromatic rings. The summed E-state index contributed by atoms with van der Waals surface area (Å²) in [4.78, 5) is 9.29. The first kappa shape index (κ1) is 13.7. The van der Waals surface area contributed by atoms with E-state index in [4.69, 9.17) is 4.99 Å². The molecule has 0 spiro atoms. The highest BCUT2D eigenvalue weighted by atomic mass is 15.4. The van der Waals surface area contributed by atoms with Gasteiger partial charge in [-0.15, -0.1) is 0 Å². The Bertz CT molecular complexity index is 676. The van der Waals surface area contributed by atoms with Crippen LogP contribution in [-0.2, 0) is 13.0 Å². The number of para-hydroxylation sites is 2. The minimum Gasteiger partial charge on any atom is -0.341 e. The van der Waals surface area contributed by atoms with Gasteiger partial charge in [-0.05, 0) is 29.7 Å². The summed E-state index contributed by atoms with van der Waals surface area (Å²) in [7, 11) is 4.18. The van der Waals surface area contributed by atoms with Gasteiger partial charge in [-0.2, -0.15) is 0 Å². The SMILES string of the molecule is CCc1ccccc1N=C1N(C)Cc2ccccc2N1C. The molecule has 1 heterocycles. The number of aryl methyl sites for hydroxylation is 1. The topological polar surface area (TPSA) is 18.8 Å². The van der Waals surface area contributed by atoms with Crippen LogP contribution in [0.15, 0.2) is 53.5 Å². The first-order valence-corrected chi connectivity index (χ1v) is 7.40. The van der Waals surface area contributed by atoms with E-state index in [-0.39, 0.29) is 0 Å². The van der Waals surface area contributed by atoms with E-state index < -0.39 is 0 Å². The van der Waals surface area contributed by atoms with Crippen molar-refractivity contribution in [1.82, 2.24) is 4.90 Å². The normalized spacial score (nSPS) is 16.2. The van der Waals surface area contributed by atoms with Gasteiger partial charge in [-0.1, -0.05) is 43.3 Å². The number of hydrogen-bond acceptors (Lipinski definition) is 1. The summed E-state index contributed by atoms with van der Waals surface area (Å²) >= 11 is 0. The fraction of sp³-hybridized carbons (Fsp3) is 0.278. The van der Waals surface area contributed by atoms with Crippen molar-refractivity contribution >= 4 is 17.3 Å². The minimum absolute atomic E-state index is 0.896. The summed E-state index contributed by atoms with van der Waals surface area (Å²) in [6, 6.07) is 16.9. The van der Waals surface area contributed by atoms with Crippen LogP contribution in [0.4, 0.5) is 11.4 Å². The van der Waals surface area contributed by atoms with Crippen molar-refractivity contribution in [3.63, 3.8) is 0 Å². The smallest absolute Gasteiger partial charge is 0.206 e. The monoisotopic (exact) mass is 279 g/mol. The van der Waals surface area contributed by atoms with Gasteiger partial charge in [0.15, 0.2) is 0 Å². The number of aliphatic imine (C=N–C) groups is 1. The zero-order chi connectivity index (χ0) is 14.8. The number of rotatable bonds is 2. The van der Waals surface area contributed by atoms with E-state index in [1.807, 2.05) is 0 Å². The summed E-state index contributed by atoms with van der Waals surface area (Å²) < 4.78 is 0. The molecule has 0 atom stereocenters. The molecule has 3 heteroatoms. The molecule has 21 heavy (non-hydrogen) atoms. The number of fused-ring (bicyclic) bond motifs is 1. The molecule has 0 N–H and O–H groups in total. The van der Waals surface area contributed by atoms with Gasteiger partial charge in [0.2, 0.25) is 5.96 Å². The van der Waals surface area contributed by atoms with Gasteiger partial charge in [-0.25, -0.2) is 4.99 Å². The van der Waals surface area contributed by atoms with E-state index in [1.54, 1.807) is 0 Å². The van der Waals surface area contributed by atoms with Crippen molar-refractivity contribution in [2.45, 2.75) is 19.9 Å². The number of benzene rings is 2. The highest BCUT2D eigenvalue weighted by Gasteiger charge is 2.23. The molecule has 1 aliphatic rings. The summed E-state index contributed by atoms with van der Waals surface area (Å²) in [5, 5.41) is 0. The molecule has 0 radical (unpaired) electrons. The van der Waals surface area contributed by atoms with Gasteiger partial charge >= 0.3 is 0 Å². The van der Waals surface area contributed by atoms with E-state index in [9.17, 15) is 0 Å². The van der Waals surface area contributed by atoms with Gasteiger partial charge in [0.25, 0.3) is 0 Å². The van der Waals surface area contributed by atoms with Crippen LogP contribution in [-0.4, -0.2) is 25.0 Å². The second-order valence-corrected chi connectivity index (χ2v) is 5.44. The molecule has 0 fully saturated rings. The zero-order valence-corrected chi connectivity index (χ0v) is 12.9. The summed E-state index contributed by atoms with van der Waals surface area (Å²) in [5.74, 6) is 0.995. The number of nitrogens with zero attached hydrogens (tertiary/aromatic N) is 3. The molecule has 108 valence electrons. The van der Waals surface area contributed by atoms with Crippen molar-refractivity contribution in [3.8, 4) is 0 Å². The average molecular weight is 279 g/mol. The van der Waals surface area contributed by atoms with Crippen LogP contribution < -0.4 is 4.90 Å². The average Bonchev–Trinajstić information content (AvgIpc) is 2.52. The number of guanidine groups is 1. The molecule has 0 unspecified atom stereocenters. The lowest BCUT2D eigenvalue weighted by Gasteiger charge is -2.36. The van der Waals surface area contributed by atoms with Gasteiger partial charge < -0.3 is 9.80 Å². The van der Waals surface area contributed by atoms with Crippen LogP contribution in [0.1, 0.15) is 18.1 Å². The third-order valence-electron chi connectivity index (χ3n) is 3.99. The standard InChI is InChI=1S/C18H21N3/c1-4-14-9-5-7-11-16(14)19-18-20(2)13-15-10-6-8-12-17(15)21(18)3/h5-12H,4,13H2,1-3H3. The van der Waals surface area contributed by atoms with Crippen molar-refractivity contribution in [2.24, 2.45) is 4.99 Å². The molecule has 0 aliphatic carbocycles. The molecule has 3 rings (SSSR count). The van der Waals surface area contributed by atoms with E-state index in [2.05, 4.69) is 79.3 Å². The lowest BCUT2D eigenvalue weighted by atomic mass is 10.1. The Morgan fingerprint density at radius 2 is 1.71 bits per heavy atom. The number of hydrogen-bond donors (Lipinski definition) is 0. The van der Waals surface area contributed by atoms with E-state index in [1.165, 1.54) is 16.8 Å². The lowest BCUT2D eigenvalue weighted by Crippen LogP contribution is -2.44. The minimum atomic E-state index is 0.896. The summed E-state index contributed by atoms with van der Waals surface area (Å²) in [6.45, 7) is 3.07. The lowest BCUT2D eigenvalue weighted by molar-refractivity contribution is 0.480. The van der Waals surface area contributed by atoms with Gasteiger partial charge in [0.05, 0.1) is 5.69 Å². The first-order chi connectivity index (χ1) is 10.2. The van der Waals surface area contributed by atoms with Crippen molar-refractivity contribution in [2.75, 3.05) is 19.0 Å². The zero-order valence-electron chi connectivity index (χ0n) is 12.9. The molecule has 1 aliphatic heterocycles. The Balaban J connectivity index is 2.04. The van der Waals surface area contributed by atoms with Crippen LogP contribution in [0.25, 0.3) is 0 Å². The highest BCUT2D eigenvalue weighted by Crippen LogP contribution is 2.28. The quantitative estimate of drug-likeness (QED) is 0.832. The fourth-order valence-electron chi connectivity index (χ4n) is 2.85. The molecule has 3 nitrogen and oxygen atoms in total. The van der Waals surface area contributed by atoms with E-state index in [0.29, 0.717) is 0 Å². The Labute approximate surface area is 126 Å². The Morgan fingerprint density at radius 3 is 2.52 bits per heavy atom. The van der Waals surface area contributed by atoms with Gasteiger partial charge in [-0.3, -0.25) is 0 Å². The molecule has 0 bridgehead atoms. The first-order valence-electron chi connectivity index (χ1n) is 7.40. The van der Waals surface area contributed by atoms with Crippen LogP contribution in [0, 0.1) is 0 Å². The Kier molecular flexibility index (Phi) is 3.65. The molecule has 2 aromatic carbocycles. The summed E-state index contributed by atoms with van der Waals surface area (Å²) in [6.07, 6.45) is 0.997. The van der Waals surface area contributed by atoms with E-state index >= 15 is 0 Å². The predicted molar refractivity (Wildman–Crippen MR) is 89.2 cm³/mol. The second kappa shape index (κ2) is 5.60. The van der Waals surface area contributed by atoms with Crippen LogP contribution >= 0.6 is 0 Å². The largest absolute Gasteiger partial charge is 0.341 e. The maximum absolute atomic E-state index is 4.92. The molecule has 0 saturated heterocycles. The van der Waals surface area contributed by atoms with Crippen LogP contribution in [0.5, 0.6) is 0 Å². The van der Waals surface area contributed by atoms with E-state index in [0.717, 1.165) is 24.6 Å². The molecular weight excluding hydrogens is 258 g/mol. The Morgan fingerprint density at radius 1 is 1.00 bits per heavy atom. The molecule has 0 amide bonds. The third kappa shape index (κ3) is 2.51. The predicted octanol–water partition coefficient (Wildman–Crippen LogP) is 3.82. The third-order valence-corrected chi connectivity index (χ3v) is 3.99. The molecule has 0 aromatic heterocycles. The molecule has 0 saturated carbocycles. The summed E-state index contributed by atoms with van der Waals surface area (Å²) in [5.41, 5.74) is 4.92. The van der Waals surface area contributed by atoms with Gasteiger partial charge in [0.1, 0.15) is 0 Å². The second-order valence-electron chi connectivity index (χ2n) is 5.44. The highest BCUT2D eigenvalue weighted by molar-refractivity contribution is 5.99. The maximum Gasteiger partial charge on any atom is 0.206 e. The Hall–Kier alpha value is -2.29. The maximum atomic E-state index is 4.92. The van der Waals surface area contributed by atoms with Crippen LogP contribution in [0.2, 0.25) is 0 Å². The molecular formula is C18H21N3. The number of anilines is 1. The van der Waals surface area contributed by atoms with Gasteiger partial charge in [0, 0.05) is 26.3 Å². The fourth-order valence-corrected chi connectivity index (χ4v) is 2.85. The van der Waals surface area contributed by atoms with Crippen LogP contribution in [0.3, 0.4) is 0 Å². The van der Waals surface area contributed by atoms with Crippen molar-refractivity contribution in [1.29, 1.82) is 0 Å². The van der Waals surface area contributed by atoms with Crippen molar-refractivity contribution in [3.05, 3.63) is 59.7 Å².